The minimum atomic E-state index is 0.575. The van der Waals surface area contributed by atoms with E-state index in [9.17, 15) is 0 Å². The molecule has 2 aromatic rings. The van der Waals surface area contributed by atoms with Crippen LogP contribution in [0.5, 0.6) is 0 Å². The zero-order chi connectivity index (χ0) is 11.7. The highest BCUT2D eigenvalue weighted by atomic mass is 14.7. The lowest BCUT2D eigenvalue weighted by atomic mass is 9.97. The predicted octanol–water partition coefficient (Wildman–Crippen LogP) is 3.10. The van der Waals surface area contributed by atoms with Crippen molar-refractivity contribution in [3.05, 3.63) is 35.0 Å². The van der Waals surface area contributed by atoms with Crippen molar-refractivity contribution in [2.45, 2.75) is 33.1 Å². The van der Waals surface area contributed by atoms with Gasteiger partial charge in [-0.2, -0.15) is 0 Å². The Morgan fingerprint density at radius 1 is 1.25 bits per heavy atom. The smallest absolute Gasteiger partial charge is 0.0459 e. The maximum absolute atomic E-state index is 5.57. The summed E-state index contributed by atoms with van der Waals surface area (Å²) >= 11 is 0. The summed E-state index contributed by atoms with van der Waals surface area (Å²) in [5, 5.41) is 1.30. The Morgan fingerprint density at radius 2 is 2.00 bits per heavy atom. The monoisotopic (exact) mass is 216 g/mol. The maximum Gasteiger partial charge on any atom is 0.0459 e. The molecule has 0 fully saturated rings. The highest BCUT2D eigenvalue weighted by Gasteiger charge is 2.07. The number of aromatic amines is 1. The molecule has 1 aromatic carbocycles. The number of nitrogens with one attached hydrogen (secondary N) is 1. The zero-order valence-electron chi connectivity index (χ0n) is 10.3. The third kappa shape index (κ3) is 1.98. The van der Waals surface area contributed by atoms with Gasteiger partial charge >= 0.3 is 0 Å². The van der Waals surface area contributed by atoms with Gasteiger partial charge in [0.05, 0.1) is 0 Å². The zero-order valence-corrected chi connectivity index (χ0v) is 10.3. The van der Waals surface area contributed by atoms with Crippen LogP contribution in [-0.4, -0.2) is 11.5 Å². The van der Waals surface area contributed by atoms with E-state index in [0.717, 1.165) is 6.42 Å². The van der Waals surface area contributed by atoms with Crippen LogP contribution in [0.25, 0.3) is 10.9 Å². The van der Waals surface area contributed by atoms with Gasteiger partial charge in [0.1, 0.15) is 0 Å². The highest BCUT2D eigenvalue weighted by molar-refractivity contribution is 5.82. The fourth-order valence-electron chi connectivity index (χ4n) is 2.28. The van der Waals surface area contributed by atoms with Gasteiger partial charge in [0.15, 0.2) is 0 Å². The van der Waals surface area contributed by atoms with Crippen LogP contribution in [0.15, 0.2) is 18.2 Å². The first-order valence-electron chi connectivity index (χ1n) is 5.94. The minimum Gasteiger partial charge on any atom is -0.358 e. The van der Waals surface area contributed by atoms with E-state index in [1.165, 1.54) is 27.7 Å². The van der Waals surface area contributed by atoms with Crippen LogP contribution in [0.2, 0.25) is 0 Å². The number of benzene rings is 1. The Kier molecular flexibility index (Phi) is 3.01. The van der Waals surface area contributed by atoms with Crippen LogP contribution in [0.4, 0.5) is 0 Å². The Labute approximate surface area is 96.9 Å². The van der Waals surface area contributed by atoms with Crippen molar-refractivity contribution < 1.29 is 0 Å². The second-order valence-corrected chi connectivity index (χ2v) is 4.78. The lowest BCUT2D eigenvalue weighted by Gasteiger charge is -2.09. The Hall–Kier alpha value is -1.28. The number of aromatic nitrogens is 1. The van der Waals surface area contributed by atoms with Gasteiger partial charge in [0, 0.05) is 11.2 Å². The molecule has 2 rings (SSSR count). The molecule has 0 bridgehead atoms. The van der Waals surface area contributed by atoms with Gasteiger partial charge in [-0.3, -0.25) is 0 Å². The quantitative estimate of drug-likeness (QED) is 0.813. The molecule has 0 amide bonds. The predicted molar refractivity (Wildman–Crippen MR) is 69.9 cm³/mol. The van der Waals surface area contributed by atoms with Gasteiger partial charge in [0.25, 0.3) is 0 Å². The lowest BCUT2D eigenvalue weighted by molar-refractivity contribution is 0.858. The Morgan fingerprint density at radius 3 is 2.62 bits per heavy atom. The Bertz CT molecular complexity index is 495. The van der Waals surface area contributed by atoms with Gasteiger partial charge in [-0.25, -0.2) is 0 Å². The molecule has 16 heavy (non-hydrogen) atoms. The van der Waals surface area contributed by atoms with E-state index in [0.29, 0.717) is 12.5 Å². The summed E-state index contributed by atoms with van der Waals surface area (Å²) in [6.45, 7) is 7.35. The van der Waals surface area contributed by atoms with E-state index in [1.807, 2.05) is 0 Å². The van der Waals surface area contributed by atoms with Crippen LogP contribution >= 0.6 is 0 Å². The normalized spacial score (nSPS) is 11.6. The second kappa shape index (κ2) is 4.30. The first-order chi connectivity index (χ1) is 7.61. The number of fused-ring (bicyclic) bond motifs is 1. The first-order valence-corrected chi connectivity index (χ1v) is 5.94. The van der Waals surface area contributed by atoms with Gasteiger partial charge in [-0.1, -0.05) is 13.8 Å². The number of aryl methyl sites for hydroxylation is 1. The molecule has 2 heteroatoms. The van der Waals surface area contributed by atoms with Crippen molar-refractivity contribution >= 4 is 10.9 Å². The fraction of sp³-hybridized carbons (Fsp3) is 0.429. The molecular formula is C14H20N2. The summed E-state index contributed by atoms with van der Waals surface area (Å²) in [6, 6.07) is 6.75. The van der Waals surface area contributed by atoms with Crippen LogP contribution in [0.1, 0.15) is 36.6 Å². The van der Waals surface area contributed by atoms with Crippen LogP contribution in [0.3, 0.4) is 0 Å². The van der Waals surface area contributed by atoms with E-state index < -0.39 is 0 Å². The Balaban J connectivity index is 2.52. The van der Waals surface area contributed by atoms with Gasteiger partial charge < -0.3 is 10.7 Å². The first kappa shape index (κ1) is 11.2. The van der Waals surface area contributed by atoms with Crippen LogP contribution in [-0.2, 0) is 6.42 Å². The molecule has 86 valence electrons. The van der Waals surface area contributed by atoms with Gasteiger partial charge in [-0.05, 0) is 60.5 Å². The van der Waals surface area contributed by atoms with E-state index in [-0.39, 0.29) is 0 Å². The minimum absolute atomic E-state index is 0.575. The molecule has 0 radical (unpaired) electrons. The molecule has 0 saturated heterocycles. The average molecular weight is 216 g/mol. The number of H-pyrrole nitrogens is 1. The molecule has 0 aliphatic rings. The summed E-state index contributed by atoms with van der Waals surface area (Å²) in [6.07, 6.45) is 0.921. The largest absolute Gasteiger partial charge is 0.358 e. The third-order valence-corrected chi connectivity index (χ3v) is 3.10. The van der Waals surface area contributed by atoms with E-state index in [2.05, 4.69) is 44.0 Å². The van der Waals surface area contributed by atoms with Gasteiger partial charge in [-0.15, -0.1) is 0 Å². The van der Waals surface area contributed by atoms with Crippen molar-refractivity contribution in [3.63, 3.8) is 0 Å². The number of rotatable bonds is 3. The molecule has 1 heterocycles. The average Bonchev–Trinajstić information content (AvgIpc) is 2.58. The summed E-state index contributed by atoms with van der Waals surface area (Å²) in [4.78, 5) is 3.44. The summed E-state index contributed by atoms with van der Waals surface area (Å²) in [5.74, 6) is 0.575. The summed E-state index contributed by atoms with van der Waals surface area (Å²) in [7, 11) is 0. The molecule has 2 nitrogen and oxygen atoms in total. The lowest BCUT2D eigenvalue weighted by Crippen LogP contribution is -2.02. The number of hydrogen-bond acceptors (Lipinski definition) is 1. The topological polar surface area (TPSA) is 41.8 Å². The second-order valence-electron chi connectivity index (χ2n) is 4.78. The maximum atomic E-state index is 5.57. The van der Waals surface area contributed by atoms with Crippen molar-refractivity contribution in [1.82, 2.24) is 4.98 Å². The number of nitrogens with two attached hydrogens (primary N) is 1. The van der Waals surface area contributed by atoms with Crippen molar-refractivity contribution in [2.24, 2.45) is 5.73 Å². The van der Waals surface area contributed by atoms with E-state index in [1.54, 1.807) is 0 Å². The van der Waals surface area contributed by atoms with Crippen LogP contribution in [0, 0.1) is 6.92 Å². The van der Waals surface area contributed by atoms with Crippen molar-refractivity contribution in [3.8, 4) is 0 Å². The molecule has 0 spiro atoms. The molecule has 1 aromatic heterocycles. The molecule has 3 N–H and O–H groups in total. The van der Waals surface area contributed by atoms with E-state index >= 15 is 0 Å². The summed E-state index contributed by atoms with van der Waals surface area (Å²) < 4.78 is 0. The third-order valence-electron chi connectivity index (χ3n) is 3.10. The van der Waals surface area contributed by atoms with E-state index in [4.69, 9.17) is 5.73 Å². The highest BCUT2D eigenvalue weighted by Crippen LogP contribution is 2.25. The molecule has 0 aliphatic heterocycles. The number of hydrogen-bond donors (Lipinski definition) is 2. The SMILES string of the molecule is Cc1cc2cc(CCN)[nH]c2cc1C(C)C. The van der Waals surface area contributed by atoms with Crippen molar-refractivity contribution in [1.29, 1.82) is 0 Å². The standard InChI is InChI=1S/C14H20N2/c1-9(2)13-8-14-11(6-10(13)3)7-12(16-14)4-5-15/h6-9,16H,4-5,15H2,1-3H3. The van der Waals surface area contributed by atoms with Crippen molar-refractivity contribution in [2.75, 3.05) is 6.54 Å². The molecule has 0 atom stereocenters. The van der Waals surface area contributed by atoms with Gasteiger partial charge in [0.2, 0.25) is 0 Å². The fourth-order valence-corrected chi connectivity index (χ4v) is 2.28. The molecule has 0 aliphatic carbocycles. The molecule has 0 unspecified atom stereocenters. The van der Waals surface area contributed by atoms with Crippen LogP contribution < -0.4 is 5.73 Å². The summed E-state index contributed by atoms with van der Waals surface area (Å²) in [5.41, 5.74) is 10.8. The molecule has 0 saturated carbocycles. The molecular weight excluding hydrogens is 196 g/mol.